The van der Waals surface area contributed by atoms with Gasteiger partial charge >= 0.3 is 0 Å². The average Bonchev–Trinajstić information content (AvgIpc) is 3.09. The normalized spacial score (nSPS) is 13.4. The first-order valence-corrected chi connectivity index (χ1v) is 10.6. The van der Waals surface area contributed by atoms with Gasteiger partial charge in [0.05, 0.1) is 42.5 Å². The minimum Gasteiger partial charge on any atom is -0.494 e. The molecule has 2 aromatic heterocycles. The lowest BCUT2D eigenvalue weighted by Gasteiger charge is -2.31. The number of hydrogen-bond donors (Lipinski definition) is 2. The van der Waals surface area contributed by atoms with Crippen molar-refractivity contribution >= 4 is 48.9 Å². The van der Waals surface area contributed by atoms with Crippen LogP contribution in [0.4, 0.5) is 17.1 Å². The van der Waals surface area contributed by atoms with Gasteiger partial charge in [0.1, 0.15) is 5.75 Å². The highest BCUT2D eigenvalue weighted by molar-refractivity contribution is 7.92. The summed E-state index contributed by atoms with van der Waals surface area (Å²) in [7, 11) is -1.78. The third-order valence-electron chi connectivity index (χ3n) is 4.99. The van der Waals surface area contributed by atoms with Crippen molar-refractivity contribution in [2.45, 2.75) is 6.54 Å². The number of rotatable bonds is 4. The van der Waals surface area contributed by atoms with E-state index in [-0.39, 0.29) is 0 Å². The number of anilines is 3. The second-order valence-electron chi connectivity index (χ2n) is 6.88. The van der Waals surface area contributed by atoms with Crippen molar-refractivity contribution in [3.05, 3.63) is 54.4 Å². The van der Waals surface area contributed by atoms with Gasteiger partial charge in [0.15, 0.2) is 0 Å². The van der Waals surface area contributed by atoms with Crippen molar-refractivity contribution in [1.82, 2.24) is 9.97 Å². The lowest BCUT2D eigenvalue weighted by atomic mass is 9.99. The number of pyridine rings is 1. The van der Waals surface area contributed by atoms with Gasteiger partial charge in [-0.2, -0.15) is 0 Å². The number of aromatic nitrogens is 2. The topological polar surface area (TPSA) is 87.3 Å². The highest BCUT2D eigenvalue weighted by atomic mass is 32.2. The van der Waals surface area contributed by atoms with E-state index in [1.807, 2.05) is 36.7 Å². The molecule has 0 aliphatic carbocycles. The minimum atomic E-state index is -3.36. The molecule has 4 aromatic rings. The Morgan fingerprint density at radius 3 is 2.79 bits per heavy atom. The van der Waals surface area contributed by atoms with Crippen LogP contribution in [0, 0.1) is 0 Å². The summed E-state index contributed by atoms with van der Waals surface area (Å²) >= 11 is 0. The second-order valence-corrected chi connectivity index (χ2v) is 8.62. The summed E-state index contributed by atoms with van der Waals surface area (Å²) in [6.07, 6.45) is 4.96. The lowest BCUT2D eigenvalue weighted by molar-refractivity contribution is 0.415. The van der Waals surface area contributed by atoms with E-state index in [1.54, 1.807) is 19.2 Å². The first-order valence-electron chi connectivity index (χ1n) is 8.75. The van der Waals surface area contributed by atoms with Crippen molar-refractivity contribution in [2.24, 2.45) is 0 Å². The summed E-state index contributed by atoms with van der Waals surface area (Å²) in [4.78, 5) is 10.0. The number of aromatic amines is 1. The monoisotopic (exact) mass is 394 g/mol. The van der Waals surface area contributed by atoms with E-state index in [1.165, 1.54) is 5.39 Å². The molecule has 0 spiro atoms. The van der Waals surface area contributed by atoms with Crippen LogP contribution < -0.4 is 14.4 Å². The van der Waals surface area contributed by atoms with E-state index < -0.39 is 10.0 Å². The molecule has 1 aliphatic heterocycles. The van der Waals surface area contributed by atoms with Crippen molar-refractivity contribution in [3.8, 4) is 5.75 Å². The molecule has 28 heavy (non-hydrogen) atoms. The van der Waals surface area contributed by atoms with E-state index in [0.29, 0.717) is 18.0 Å². The molecule has 0 saturated heterocycles. The first-order chi connectivity index (χ1) is 13.4. The quantitative estimate of drug-likeness (QED) is 0.550. The Balaban J connectivity index is 1.70. The van der Waals surface area contributed by atoms with Crippen LogP contribution in [0.1, 0.15) is 5.56 Å². The Morgan fingerprint density at radius 2 is 2.00 bits per heavy atom. The zero-order chi connectivity index (χ0) is 19.5. The molecule has 0 atom stereocenters. The summed E-state index contributed by atoms with van der Waals surface area (Å²) in [5.74, 6) is 0.588. The number of methoxy groups -OCH3 is 1. The number of ether oxygens (including phenoxy) is 1. The van der Waals surface area contributed by atoms with Crippen LogP contribution in [-0.2, 0) is 16.6 Å². The molecule has 2 aromatic carbocycles. The summed E-state index contributed by atoms with van der Waals surface area (Å²) in [6, 6.07) is 11.4. The van der Waals surface area contributed by atoms with Gasteiger partial charge in [0.25, 0.3) is 0 Å². The van der Waals surface area contributed by atoms with E-state index in [2.05, 4.69) is 19.6 Å². The second kappa shape index (κ2) is 5.87. The fraction of sp³-hybridized carbons (Fsp3) is 0.150. The van der Waals surface area contributed by atoms with Gasteiger partial charge in [-0.25, -0.2) is 8.42 Å². The third kappa shape index (κ3) is 2.56. The Kier molecular flexibility index (Phi) is 3.54. The molecular formula is C20H18N4O3S. The van der Waals surface area contributed by atoms with Gasteiger partial charge in [0.2, 0.25) is 10.0 Å². The zero-order valence-corrected chi connectivity index (χ0v) is 16.2. The maximum atomic E-state index is 11.6. The van der Waals surface area contributed by atoms with Crippen LogP contribution in [0.5, 0.6) is 5.75 Å². The van der Waals surface area contributed by atoms with Crippen LogP contribution in [0.3, 0.4) is 0 Å². The largest absolute Gasteiger partial charge is 0.494 e. The van der Waals surface area contributed by atoms with Gasteiger partial charge in [-0.3, -0.25) is 9.71 Å². The maximum absolute atomic E-state index is 11.6. The molecule has 7 nitrogen and oxygen atoms in total. The molecule has 5 rings (SSSR count). The summed E-state index contributed by atoms with van der Waals surface area (Å²) in [5, 5.41) is 2.30. The fourth-order valence-electron chi connectivity index (χ4n) is 3.91. The Labute approximate surface area is 162 Å². The lowest BCUT2D eigenvalue weighted by Crippen LogP contribution is -2.20. The smallest absolute Gasteiger partial charge is 0.229 e. The van der Waals surface area contributed by atoms with Crippen molar-refractivity contribution < 1.29 is 13.2 Å². The van der Waals surface area contributed by atoms with Crippen molar-refractivity contribution in [1.29, 1.82) is 0 Å². The molecule has 0 bridgehead atoms. The molecule has 0 amide bonds. The van der Waals surface area contributed by atoms with E-state index >= 15 is 0 Å². The Hall–Kier alpha value is -3.26. The molecule has 2 N–H and O–H groups in total. The molecule has 3 heterocycles. The van der Waals surface area contributed by atoms with E-state index in [0.717, 1.165) is 39.6 Å². The number of nitrogens with one attached hydrogen (secondary N) is 2. The van der Waals surface area contributed by atoms with Crippen LogP contribution in [0.2, 0.25) is 0 Å². The molecule has 1 aliphatic rings. The number of hydrogen-bond acceptors (Lipinski definition) is 5. The molecular weight excluding hydrogens is 376 g/mol. The van der Waals surface area contributed by atoms with Crippen LogP contribution >= 0.6 is 0 Å². The zero-order valence-electron chi connectivity index (χ0n) is 15.4. The van der Waals surface area contributed by atoms with Gasteiger partial charge in [-0.05, 0) is 30.3 Å². The number of benzene rings is 2. The highest BCUT2D eigenvalue weighted by Crippen LogP contribution is 2.45. The molecule has 0 fully saturated rings. The number of nitrogens with zero attached hydrogens (tertiary/aromatic N) is 2. The van der Waals surface area contributed by atoms with Crippen LogP contribution in [0.25, 0.3) is 21.8 Å². The molecule has 142 valence electrons. The predicted octanol–water partition coefficient (Wildman–Crippen LogP) is 3.75. The van der Waals surface area contributed by atoms with Crippen LogP contribution in [0.15, 0.2) is 48.8 Å². The van der Waals surface area contributed by atoms with Crippen molar-refractivity contribution in [3.63, 3.8) is 0 Å². The number of H-pyrrole nitrogens is 1. The highest BCUT2D eigenvalue weighted by Gasteiger charge is 2.25. The maximum Gasteiger partial charge on any atom is 0.229 e. The molecule has 0 unspecified atom stereocenters. The number of sulfonamides is 1. The molecule has 0 radical (unpaired) electrons. The summed E-state index contributed by atoms with van der Waals surface area (Å²) in [5.41, 5.74) is 5.55. The van der Waals surface area contributed by atoms with Crippen LogP contribution in [-0.4, -0.2) is 31.8 Å². The third-order valence-corrected chi connectivity index (χ3v) is 5.60. The Bertz CT molecular complexity index is 1340. The average molecular weight is 394 g/mol. The van der Waals surface area contributed by atoms with Gasteiger partial charge in [-0.15, -0.1) is 0 Å². The fourth-order valence-corrected chi connectivity index (χ4v) is 4.46. The van der Waals surface area contributed by atoms with E-state index in [4.69, 9.17) is 4.74 Å². The first kappa shape index (κ1) is 16.9. The Morgan fingerprint density at radius 1 is 1.14 bits per heavy atom. The van der Waals surface area contributed by atoms with Gasteiger partial charge < -0.3 is 14.6 Å². The predicted molar refractivity (Wildman–Crippen MR) is 111 cm³/mol. The van der Waals surface area contributed by atoms with Crippen molar-refractivity contribution in [2.75, 3.05) is 23.0 Å². The summed E-state index contributed by atoms with van der Waals surface area (Å²) < 4.78 is 31.2. The standard InChI is InChI=1S/C20H18N4O3S/c1-27-18-9-13(23-28(2,25)26)3-6-16(18)24-11-12-10-22-14-4-5-15-20(19(12)14)17(24)7-8-21-15/h3-10,21,23H,11H2,1-2H3. The van der Waals surface area contributed by atoms with E-state index in [9.17, 15) is 8.42 Å². The van der Waals surface area contributed by atoms with Gasteiger partial charge in [0, 0.05) is 40.3 Å². The molecule has 8 heteroatoms. The van der Waals surface area contributed by atoms with Gasteiger partial charge in [-0.1, -0.05) is 0 Å². The summed E-state index contributed by atoms with van der Waals surface area (Å²) in [6.45, 7) is 0.655. The SMILES string of the molecule is COc1cc(NS(C)(=O)=O)ccc1N1Cc2cnc3ccc4[nH]ccc1c4c23. The molecule has 0 saturated carbocycles. The minimum absolute atomic E-state index is 0.462.